The summed E-state index contributed by atoms with van der Waals surface area (Å²) in [6.07, 6.45) is 4.75. The number of halogens is 1. The van der Waals surface area contributed by atoms with Crippen LogP contribution in [-0.2, 0) is 14.8 Å². The minimum atomic E-state index is -3.98. The third kappa shape index (κ3) is 5.86. The molecule has 1 aliphatic rings. The number of hydrogen-bond acceptors (Lipinski definition) is 4. The SMILES string of the molecule is O=C(CN(c1cccc(Cl)c1)S(=O)(=O)c1ccccc1)Nc1ccc(OC2CCCC2)cc1. The van der Waals surface area contributed by atoms with Gasteiger partial charge in [-0.25, -0.2) is 8.42 Å². The number of sulfonamides is 1. The normalized spacial score (nSPS) is 14.1. The van der Waals surface area contributed by atoms with Crippen LogP contribution in [0.2, 0.25) is 5.02 Å². The summed E-state index contributed by atoms with van der Waals surface area (Å²) in [4.78, 5) is 12.9. The van der Waals surface area contributed by atoms with Crippen molar-refractivity contribution >= 4 is 38.9 Å². The summed E-state index contributed by atoms with van der Waals surface area (Å²) in [6, 6.07) is 21.5. The van der Waals surface area contributed by atoms with Crippen molar-refractivity contribution in [3.63, 3.8) is 0 Å². The zero-order valence-electron chi connectivity index (χ0n) is 18.0. The molecule has 0 saturated heterocycles. The lowest BCUT2D eigenvalue weighted by atomic mass is 10.2. The molecule has 1 aliphatic carbocycles. The first-order valence-corrected chi connectivity index (χ1v) is 12.6. The molecule has 0 aliphatic heterocycles. The molecule has 0 heterocycles. The number of carbonyl (C=O) groups excluding carboxylic acids is 1. The van der Waals surface area contributed by atoms with E-state index in [4.69, 9.17) is 16.3 Å². The van der Waals surface area contributed by atoms with Crippen molar-refractivity contribution in [3.05, 3.63) is 83.9 Å². The van der Waals surface area contributed by atoms with Crippen molar-refractivity contribution in [2.45, 2.75) is 36.7 Å². The number of rotatable bonds is 8. The van der Waals surface area contributed by atoms with Crippen molar-refractivity contribution in [2.24, 2.45) is 0 Å². The van der Waals surface area contributed by atoms with Gasteiger partial charge in [0.2, 0.25) is 5.91 Å². The summed E-state index contributed by atoms with van der Waals surface area (Å²) in [5.41, 5.74) is 0.865. The van der Waals surface area contributed by atoms with Gasteiger partial charge in [0, 0.05) is 10.7 Å². The van der Waals surface area contributed by atoms with Gasteiger partial charge in [0.1, 0.15) is 12.3 Å². The van der Waals surface area contributed by atoms with Crippen LogP contribution in [0.3, 0.4) is 0 Å². The summed E-state index contributed by atoms with van der Waals surface area (Å²) in [6.45, 7) is -0.405. The van der Waals surface area contributed by atoms with Gasteiger partial charge in [-0.2, -0.15) is 0 Å². The van der Waals surface area contributed by atoms with Gasteiger partial charge in [-0.15, -0.1) is 0 Å². The van der Waals surface area contributed by atoms with Gasteiger partial charge in [0.25, 0.3) is 10.0 Å². The maximum absolute atomic E-state index is 13.3. The summed E-state index contributed by atoms with van der Waals surface area (Å²) in [5.74, 6) is 0.283. The Morgan fingerprint density at radius 2 is 1.67 bits per heavy atom. The number of nitrogens with zero attached hydrogens (tertiary/aromatic N) is 1. The molecule has 0 bridgehead atoms. The van der Waals surface area contributed by atoms with Crippen molar-refractivity contribution in [1.82, 2.24) is 0 Å². The predicted molar refractivity (Wildman–Crippen MR) is 130 cm³/mol. The number of carbonyl (C=O) groups is 1. The van der Waals surface area contributed by atoms with E-state index in [1.807, 2.05) is 12.1 Å². The highest BCUT2D eigenvalue weighted by Gasteiger charge is 2.27. The summed E-state index contributed by atoms with van der Waals surface area (Å²) < 4.78 is 33.7. The molecule has 33 heavy (non-hydrogen) atoms. The van der Waals surface area contributed by atoms with E-state index in [2.05, 4.69) is 5.32 Å². The van der Waals surface area contributed by atoms with Gasteiger partial charge in [-0.05, 0) is 80.3 Å². The Morgan fingerprint density at radius 3 is 2.33 bits per heavy atom. The Bertz CT molecular complexity index is 1190. The first kappa shape index (κ1) is 23.1. The number of nitrogens with one attached hydrogen (secondary N) is 1. The third-order valence-electron chi connectivity index (χ3n) is 5.46. The minimum absolute atomic E-state index is 0.0891. The lowest BCUT2D eigenvalue weighted by Gasteiger charge is -2.24. The number of ether oxygens (including phenoxy) is 1. The van der Waals surface area contributed by atoms with Crippen LogP contribution in [-0.4, -0.2) is 27.0 Å². The molecular weight excluding hydrogens is 460 g/mol. The number of anilines is 2. The quantitative estimate of drug-likeness (QED) is 0.458. The average Bonchev–Trinajstić information content (AvgIpc) is 3.32. The molecule has 3 aromatic carbocycles. The molecule has 1 N–H and O–H groups in total. The molecule has 1 fully saturated rings. The van der Waals surface area contributed by atoms with Crippen LogP contribution < -0.4 is 14.4 Å². The molecule has 3 aromatic rings. The second-order valence-electron chi connectivity index (χ2n) is 7.90. The van der Waals surface area contributed by atoms with E-state index in [0.717, 1.165) is 22.9 Å². The highest BCUT2D eigenvalue weighted by atomic mass is 35.5. The molecule has 172 valence electrons. The lowest BCUT2D eigenvalue weighted by Crippen LogP contribution is -2.38. The highest BCUT2D eigenvalue weighted by Crippen LogP contribution is 2.27. The summed E-state index contributed by atoms with van der Waals surface area (Å²) in [5, 5.41) is 3.14. The van der Waals surface area contributed by atoms with E-state index in [9.17, 15) is 13.2 Å². The van der Waals surface area contributed by atoms with Crippen molar-refractivity contribution < 1.29 is 17.9 Å². The number of hydrogen-bond donors (Lipinski definition) is 1. The van der Waals surface area contributed by atoms with Gasteiger partial charge < -0.3 is 10.1 Å². The van der Waals surface area contributed by atoms with Gasteiger partial charge in [-0.3, -0.25) is 9.10 Å². The molecule has 0 aromatic heterocycles. The van der Waals surface area contributed by atoms with Crippen LogP contribution in [0.15, 0.2) is 83.8 Å². The molecule has 0 spiro atoms. The first-order valence-electron chi connectivity index (χ1n) is 10.8. The van der Waals surface area contributed by atoms with Crippen molar-refractivity contribution in [1.29, 1.82) is 0 Å². The first-order chi connectivity index (χ1) is 15.9. The van der Waals surface area contributed by atoms with Crippen LogP contribution >= 0.6 is 11.6 Å². The second-order valence-corrected chi connectivity index (χ2v) is 10.2. The standard InChI is InChI=1S/C25H25ClN2O4S/c26-19-7-6-8-21(17-19)28(33(30,31)24-11-2-1-3-12-24)18-25(29)27-20-13-15-23(16-14-20)32-22-9-4-5-10-22/h1-3,6-8,11-17,22H,4-5,9-10,18H2,(H,27,29). The predicted octanol–water partition coefficient (Wildman–Crippen LogP) is 5.50. The fourth-order valence-corrected chi connectivity index (χ4v) is 5.43. The van der Waals surface area contributed by atoms with E-state index in [1.165, 1.54) is 31.0 Å². The molecule has 1 amide bonds. The summed E-state index contributed by atoms with van der Waals surface area (Å²) >= 11 is 6.09. The van der Waals surface area contributed by atoms with Crippen LogP contribution in [0.5, 0.6) is 5.75 Å². The fourth-order valence-electron chi connectivity index (χ4n) is 3.81. The minimum Gasteiger partial charge on any atom is -0.490 e. The highest BCUT2D eigenvalue weighted by molar-refractivity contribution is 7.92. The van der Waals surface area contributed by atoms with Gasteiger partial charge in [-0.1, -0.05) is 35.9 Å². The largest absolute Gasteiger partial charge is 0.490 e. The van der Waals surface area contributed by atoms with E-state index < -0.39 is 22.5 Å². The molecular formula is C25H25ClN2O4S. The van der Waals surface area contributed by atoms with E-state index in [0.29, 0.717) is 16.4 Å². The topological polar surface area (TPSA) is 75.7 Å². The molecule has 8 heteroatoms. The fraction of sp³-hybridized carbons (Fsp3) is 0.240. The zero-order chi connectivity index (χ0) is 23.3. The molecule has 0 radical (unpaired) electrons. The monoisotopic (exact) mass is 484 g/mol. The van der Waals surface area contributed by atoms with Gasteiger partial charge >= 0.3 is 0 Å². The maximum Gasteiger partial charge on any atom is 0.264 e. The third-order valence-corrected chi connectivity index (χ3v) is 7.48. The number of amides is 1. The molecule has 6 nitrogen and oxygen atoms in total. The smallest absolute Gasteiger partial charge is 0.264 e. The Kier molecular flexibility index (Phi) is 7.20. The molecule has 0 atom stereocenters. The number of benzene rings is 3. The van der Waals surface area contributed by atoms with Gasteiger partial charge in [0.05, 0.1) is 16.7 Å². The Hall–Kier alpha value is -3.03. The molecule has 0 unspecified atom stereocenters. The van der Waals surface area contributed by atoms with Crippen molar-refractivity contribution in [2.75, 3.05) is 16.2 Å². The molecule has 1 saturated carbocycles. The lowest BCUT2D eigenvalue weighted by molar-refractivity contribution is -0.114. The van der Waals surface area contributed by atoms with Crippen molar-refractivity contribution in [3.8, 4) is 5.75 Å². The van der Waals surface area contributed by atoms with E-state index in [1.54, 1.807) is 48.5 Å². The Labute approximate surface area is 199 Å². The van der Waals surface area contributed by atoms with E-state index in [-0.39, 0.29) is 11.0 Å². The Balaban J connectivity index is 1.50. The maximum atomic E-state index is 13.3. The summed E-state index contributed by atoms with van der Waals surface area (Å²) in [7, 11) is -3.98. The molecule has 4 rings (SSSR count). The van der Waals surface area contributed by atoms with Gasteiger partial charge in [0.15, 0.2) is 0 Å². The van der Waals surface area contributed by atoms with Crippen LogP contribution in [0, 0.1) is 0 Å². The van der Waals surface area contributed by atoms with E-state index >= 15 is 0 Å². The van der Waals surface area contributed by atoms with Crippen LogP contribution in [0.4, 0.5) is 11.4 Å². The Morgan fingerprint density at radius 1 is 0.970 bits per heavy atom. The average molecular weight is 485 g/mol. The zero-order valence-corrected chi connectivity index (χ0v) is 19.6. The van der Waals surface area contributed by atoms with Crippen LogP contribution in [0.25, 0.3) is 0 Å². The van der Waals surface area contributed by atoms with Crippen LogP contribution in [0.1, 0.15) is 25.7 Å². The second kappa shape index (κ2) is 10.3.